The fourth-order valence-corrected chi connectivity index (χ4v) is 4.46. The molecule has 1 saturated carbocycles. The summed E-state index contributed by atoms with van der Waals surface area (Å²) >= 11 is 0. The quantitative estimate of drug-likeness (QED) is 0.474. The Morgan fingerprint density at radius 2 is 1.81 bits per heavy atom. The van der Waals surface area contributed by atoms with E-state index >= 15 is 0 Å². The normalized spacial score (nSPS) is 18.7. The van der Waals surface area contributed by atoms with Gasteiger partial charge in [-0.1, -0.05) is 30.3 Å². The van der Waals surface area contributed by atoms with Crippen molar-refractivity contribution < 1.29 is 4.79 Å². The molecule has 3 N–H and O–H groups in total. The van der Waals surface area contributed by atoms with Crippen LogP contribution in [0.25, 0.3) is 22.0 Å². The number of nitrogens with one attached hydrogen (secondary N) is 3. The van der Waals surface area contributed by atoms with Crippen LogP contribution in [0.1, 0.15) is 47.7 Å². The minimum absolute atomic E-state index is 0.0616. The van der Waals surface area contributed by atoms with E-state index in [1.165, 1.54) is 0 Å². The Morgan fingerprint density at radius 1 is 1.00 bits per heavy atom. The standard InChI is InChI=1S/C24H23N5O2/c30-23(17-5-3-4-16(12-17)21-13-25-14-26-21)27-18-10-8-15(9-11-18)22-19-6-1-2-7-20(19)24(31)29-28-22/h1-7,12-15,18H,8-11H2,(H,25,26)(H,27,30)(H,29,31)/t15-,18-. The molecule has 1 aliphatic rings. The van der Waals surface area contributed by atoms with Gasteiger partial charge in [-0.05, 0) is 43.9 Å². The molecule has 5 rings (SSSR count). The topological polar surface area (TPSA) is 104 Å². The lowest BCUT2D eigenvalue weighted by Crippen LogP contribution is -2.37. The van der Waals surface area contributed by atoms with Crippen LogP contribution in [-0.4, -0.2) is 32.1 Å². The van der Waals surface area contributed by atoms with Crippen LogP contribution in [0.3, 0.4) is 0 Å². The molecule has 1 aliphatic carbocycles. The molecule has 2 heterocycles. The Balaban J connectivity index is 1.26. The van der Waals surface area contributed by atoms with Crippen molar-refractivity contribution >= 4 is 16.7 Å². The zero-order valence-corrected chi connectivity index (χ0v) is 17.0. The molecule has 0 bridgehead atoms. The molecule has 4 aromatic rings. The number of rotatable bonds is 4. The van der Waals surface area contributed by atoms with Gasteiger partial charge >= 0.3 is 0 Å². The van der Waals surface area contributed by atoms with Crippen LogP contribution < -0.4 is 10.9 Å². The van der Waals surface area contributed by atoms with Gasteiger partial charge in [0, 0.05) is 34.7 Å². The highest BCUT2D eigenvalue weighted by molar-refractivity contribution is 5.95. The van der Waals surface area contributed by atoms with Crippen LogP contribution in [0.15, 0.2) is 65.8 Å². The average molecular weight is 413 g/mol. The molecular weight excluding hydrogens is 390 g/mol. The fraction of sp³-hybridized carbons (Fsp3) is 0.250. The summed E-state index contributed by atoms with van der Waals surface area (Å²) in [6.07, 6.45) is 7.03. The van der Waals surface area contributed by atoms with Crippen LogP contribution >= 0.6 is 0 Å². The summed E-state index contributed by atoms with van der Waals surface area (Å²) in [4.78, 5) is 32.0. The number of aromatic nitrogens is 4. The van der Waals surface area contributed by atoms with E-state index in [4.69, 9.17) is 0 Å². The van der Waals surface area contributed by atoms with Crippen molar-refractivity contribution in [1.82, 2.24) is 25.5 Å². The molecule has 2 aromatic carbocycles. The molecule has 31 heavy (non-hydrogen) atoms. The van der Waals surface area contributed by atoms with Crippen molar-refractivity contribution in [3.8, 4) is 11.3 Å². The summed E-state index contributed by atoms with van der Waals surface area (Å²) < 4.78 is 0. The van der Waals surface area contributed by atoms with Crippen molar-refractivity contribution in [2.45, 2.75) is 37.6 Å². The van der Waals surface area contributed by atoms with E-state index in [1.807, 2.05) is 54.7 Å². The first kappa shape index (κ1) is 19.2. The highest BCUT2D eigenvalue weighted by Gasteiger charge is 2.26. The molecule has 156 valence electrons. The van der Waals surface area contributed by atoms with E-state index in [9.17, 15) is 9.59 Å². The van der Waals surface area contributed by atoms with Gasteiger partial charge < -0.3 is 10.3 Å². The highest BCUT2D eigenvalue weighted by Crippen LogP contribution is 2.34. The first-order chi connectivity index (χ1) is 15.2. The molecule has 0 radical (unpaired) electrons. The predicted octanol–water partition coefficient (Wildman–Crippen LogP) is 3.77. The molecular formula is C24H23N5O2. The number of carbonyl (C=O) groups excluding carboxylic acids is 1. The van der Waals surface area contributed by atoms with Gasteiger partial charge in [0.1, 0.15) is 0 Å². The van der Waals surface area contributed by atoms with Gasteiger partial charge in [0.05, 0.1) is 23.1 Å². The third kappa shape index (κ3) is 3.86. The number of hydrogen-bond donors (Lipinski definition) is 3. The number of aromatic amines is 2. The van der Waals surface area contributed by atoms with Crippen LogP contribution in [0.2, 0.25) is 0 Å². The van der Waals surface area contributed by atoms with Gasteiger partial charge in [-0.3, -0.25) is 9.59 Å². The number of hydrogen-bond acceptors (Lipinski definition) is 4. The highest BCUT2D eigenvalue weighted by atomic mass is 16.1. The summed E-state index contributed by atoms with van der Waals surface area (Å²) in [5, 5.41) is 11.8. The minimum atomic E-state index is -0.155. The lowest BCUT2D eigenvalue weighted by atomic mass is 9.82. The molecule has 7 heteroatoms. The third-order valence-electron chi connectivity index (χ3n) is 6.09. The van der Waals surface area contributed by atoms with Gasteiger partial charge in [-0.2, -0.15) is 5.10 Å². The average Bonchev–Trinajstić information content (AvgIpc) is 3.36. The van der Waals surface area contributed by atoms with Crippen LogP contribution in [0.4, 0.5) is 0 Å². The SMILES string of the molecule is O=C(N[C@H]1CC[C@H](c2n[nH]c(=O)c3ccccc32)CC1)c1cccc(-c2c[nH]cn2)c1. The van der Waals surface area contributed by atoms with Crippen molar-refractivity contribution in [3.63, 3.8) is 0 Å². The third-order valence-corrected chi connectivity index (χ3v) is 6.09. The Labute approximate surface area is 178 Å². The summed E-state index contributed by atoms with van der Waals surface area (Å²) in [6, 6.07) is 15.3. The molecule has 0 aliphatic heterocycles. The lowest BCUT2D eigenvalue weighted by molar-refractivity contribution is 0.0925. The van der Waals surface area contributed by atoms with Crippen molar-refractivity contribution in [2.24, 2.45) is 0 Å². The number of amides is 1. The van der Waals surface area contributed by atoms with Gasteiger partial charge in [0.25, 0.3) is 11.5 Å². The maximum absolute atomic E-state index is 12.8. The maximum Gasteiger partial charge on any atom is 0.272 e. The van der Waals surface area contributed by atoms with Crippen molar-refractivity contribution in [3.05, 3.63) is 82.7 Å². The fourth-order valence-electron chi connectivity index (χ4n) is 4.46. The van der Waals surface area contributed by atoms with E-state index in [1.54, 1.807) is 6.33 Å². The smallest absolute Gasteiger partial charge is 0.272 e. The molecule has 0 atom stereocenters. The van der Waals surface area contributed by atoms with Crippen LogP contribution in [-0.2, 0) is 0 Å². The van der Waals surface area contributed by atoms with Crippen molar-refractivity contribution in [2.75, 3.05) is 0 Å². The lowest BCUT2D eigenvalue weighted by Gasteiger charge is -2.29. The summed E-state index contributed by atoms with van der Waals surface area (Å²) in [5.74, 6) is 0.214. The molecule has 7 nitrogen and oxygen atoms in total. The zero-order chi connectivity index (χ0) is 21.2. The molecule has 0 unspecified atom stereocenters. The Hall–Kier alpha value is -3.74. The number of fused-ring (bicyclic) bond motifs is 1. The summed E-state index contributed by atoms with van der Waals surface area (Å²) in [5.41, 5.74) is 3.16. The van der Waals surface area contributed by atoms with Crippen molar-refractivity contribution in [1.29, 1.82) is 0 Å². The number of benzene rings is 2. The van der Waals surface area contributed by atoms with E-state index in [-0.39, 0.29) is 23.4 Å². The minimum Gasteiger partial charge on any atom is -0.351 e. The molecule has 0 spiro atoms. The van der Waals surface area contributed by atoms with Crippen LogP contribution in [0.5, 0.6) is 0 Å². The van der Waals surface area contributed by atoms with E-state index in [0.717, 1.165) is 48.0 Å². The van der Waals surface area contributed by atoms with Gasteiger partial charge in [-0.25, -0.2) is 10.1 Å². The van der Waals surface area contributed by atoms with E-state index in [2.05, 4.69) is 25.5 Å². The monoisotopic (exact) mass is 413 g/mol. The molecule has 0 saturated heterocycles. The molecule has 1 fully saturated rings. The second kappa shape index (κ2) is 8.18. The zero-order valence-electron chi connectivity index (χ0n) is 17.0. The first-order valence-electron chi connectivity index (χ1n) is 10.6. The summed E-state index contributed by atoms with van der Waals surface area (Å²) in [6.45, 7) is 0. The largest absolute Gasteiger partial charge is 0.351 e. The number of nitrogens with zero attached hydrogens (tertiary/aromatic N) is 2. The number of H-pyrrole nitrogens is 2. The number of imidazole rings is 1. The second-order valence-electron chi connectivity index (χ2n) is 8.04. The van der Waals surface area contributed by atoms with Gasteiger partial charge in [0.2, 0.25) is 0 Å². The number of carbonyl (C=O) groups is 1. The van der Waals surface area contributed by atoms with E-state index < -0.39 is 0 Å². The van der Waals surface area contributed by atoms with Crippen LogP contribution in [0, 0.1) is 0 Å². The Kier molecular flexibility index (Phi) is 5.08. The summed E-state index contributed by atoms with van der Waals surface area (Å²) in [7, 11) is 0. The second-order valence-corrected chi connectivity index (χ2v) is 8.04. The Morgan fingerprint density at radius 3 is 2.58 bits per heavy atom. The van der Waals surface area contributed by atoms with Gasteiger partial charge in [0.15, 0.2) is 0 Å². The molecule has 1 amide bonds. The first-order valence-corrected chi connectivity index (χ1v) is 10.6. The molecule has 2 aromatic heterocycles. The Bertz CT molecular complexity index is 1270. The van der Waals surface area contributed by atoms with E-state index in [0.29, 0.717) is 10.9 Å². The maximum atomic E-state index is 12.8. The van der Waals surface area contributed by atoms with Gasteiger partial charge in [-0.15, -0.1) is 0 Å². The predicted molar refractivity (Wildman–Crippen MR) is 119 cm³/mol.